The molecule has 0 unspecified atom stereocenters. The maximum absolute atomic E-state index is 5.26. The van der Waals surface area contributed by atoms with Gasteiger partial charge in [-0.05, 0) is 24.6 Å². The van der Waals surface area contributed by atoms with Crippen LogP contribution in [-0.2, 0) is 0 Å². The molecule has 0 aliphatic rings. The van der Waals surface area contributed by atoms with Crippen molar-refractivity contribution in [2.24, 2.45) is 0 Å². The zero-order valence-electron chi connectivity index (χ0n) is 10.7. The maximum Gasteiger partial charge on any atom is 0.203 e. The summed E-state index contributed by atoms with van der Waals surface area (Å²) in [6.07, 6.45) is 3.88. The molecule has 3 heteroatoms. The van der Waals surface area contributed by atoms with Crippen LogP contribution in [0.2, 0.25) is 0 Å². The highest BCUT2D eigenvalue weighted by Crippen LogP contribution is 2.38. The summed E-state index contributed by atoms with van der Waals surface area (Å²) >= 11 is 0. The van der Waals surface area contributed by atoms with Crippen LogP contribution in [0.3, 0.4) is 0 Å². The van der Waals surface area contributed by atoms with Gasteiger partial charge in [0, 0.05) is 0 Å². The molecular formula is C14H18O3. The Hall–Kier alpha value is -1.90. The lowest BCUT2D eigenvalue weighted by atomic mass is 10.1. The predicted molar refractivity (Wildman–Crippen MR) is 69.9 cm³/mol. The highest BCUT2D eigenvalue weighted by atomic mass is 16.5. The highest BCUT2D eigenvalue weighted by molar-refractivity contribution is 5.63. The average Bonchev–Trinajstić information content (AvgIpc) is 2.34. The fourth-order valence-electron chi connectivity index (χ4n) is 1.44. The predicted octanol–water partition coefficient (Wildman–Crippen LogP) is 3.30. The van der Waals surface area contributed by atoms with E-state index in [0.717, 1.165) is 11.1 Å². The Morgan fingerprint density at radius 2 is 1.59 bits per heavy atom. The van der Waals surface area contributed by atoms with Crippen molar-refractivity contribution in [2.45, 2.75) is 6.92 Å². The molecule has 17 heavy (non-hydrogen) atoms. The van der Waals surface area contributed by atoms with Gasteiger partial charge in [0.05, 0.1) is 21.3 Å². The molecule has 1 aromatic carbocycles. The van der Waals surface area contributed by atoms with E-state index in [0.29, 0.717) is 17.2 Å². The number of ether oxygens (including phenoxy) is 3. The van der Waals surface area contributed by atoms with Gasteiger partial charge in [-0.2, -0.15) is 0 Å². The summed E-state index contributed by atoms with van der Waals surface area (Å²) in [6.45, 7) is 5.75. The standard InChI is InChI=1S/C14H18O3/c1-10(2)6-7-11-8-12(15-3)14(17-5)13(9-11)16-4/h6-9H,1H2,2-5H3. The van der Waals surface area contributed by atoms with Crippen molar-refractivity contribution in [3.8, 4) is 17.2 Å². The molecule has 0 aliphatic carbocycles. The number of hydrogen-bond acceptors (Lipinski definition) is 3. The van der Waals surface area contributed by atoms with Crippen molar-refractivity contribution >= 4 is 6.08 Å². The van der Waals surface area contributed by atoms with Gasteiger partial charge in [-0.15, -0.1) is 0 Å². The molecule has 0 amide bonds. The lowest BCUT2D eigenvalue weighted by Gasteiger charge is -2.12. The monoisotopic (exact) mass is 234 g/mol. The third kappa shape index (κ3) is 3.28. The number of allylic oxidation sites excluding steroid dienone is 2. The highest BCUT2D eigenvalue weighted by Gasteiger charge is 2.11. The lowest BCUT2D eigenvalue weighted by Crippen LogP contribution is -1.95. The molecule has 0 bridgehead atoms. The fraction of sp³-hybridized carbons (Fsp3) is 0.286. The smallest absolute Gasteiger partial charge is 0.203 e. The molecule has 0 aliphatic heterocycles. The second-order valence-corrected chi connectivity index (χ2v) is 3.64. The Labute approximate surface area is 102 Å². The van der Waals surface area contributed by atoms with Crippen LogP contribution in [-0.4, -0.2) is 21.3 Å². The number of hydrogen-bond donors (Lipinski definition) is 0. The van der Waals surface area contributed by atoms with Crippen LogP contribution in [0.1, 0.15) is 12.5 Å². The fourth-order valence-corrected chi connectivity index (χ4v) is 1.44. The molecule has 0 N–H and O–H groups in total. The zero-order chi connectivity index (χ0) is 12.8. The van der Waals surface area contributed by atoms with Crippen LogP contribution in [0.5, 0.6) is 17.2 Å². The molecule has 0 atom stereocenters. The van der Waals surface area contributed by atoms with Gasteiger partial charge < -0.3 is 14.2 Å². The van der Waals surface area contributed by atoms with Gasteiger partial charge in [0.1, 0.15) is 0 Å². The summed E-state index contributed by atoms with van der Waals surface area (Å²) in [5.41, 5.74) is 1.96. The first-order chi connectivity index (χ1) is 8.12. The first-order valence-electron chi connectivity index (χ1n) is 5.26. The molecule has 0 aromatic heterocycles. The van der Waals surface area contributed by atoms with Crippen LogP contribution in [0, 0.1) is 0 Å². The molecular weight excluding hydrogens is 216 g/mol. The van der Waals surface area contributed by atoms with E-state index in [9.17, 15) is 0 Å². The first-order valence-corrected chi connectivity index (χ1v) is 5.26. The van der Waals surface area contributed by atoms with Crippen LogP contribution < -0.4 is 14.2 Å². The van der Waals surface area contributed by atoms with Crippen molar-refractivity contribution in [1.29, 1.82) is 0 Å². The molecule has 0 fully saturated rings. The number of benzene rings is 1. The molecule has 0 radical (unpaired) electrons. The summed E-state index contributed by atoms with van der Waals surface area (Å²) < 4.78 is 15.8. The van der Waals surface area contributed by atoms with Gasteiger partial charge in [0.25, 0.3) is 0 Å². The summed E-state index contributed by atoms with van der Waals surface area (Å²) in [5.74, 6) is 1.89. The van der Waals surface area contributed by atoms with Crippen LogP contribution in [0.25, 0.3) is 6.08 Å². The second-order valence-electron chi connectivity index (χ2n) is 3.64. The van der Waals surface area contributed by atoms with E-state index in [4.69, 9.17) is 14.2 Å². The van der Waals surface area contributed by atoms with Crippen molar-refractivity contribution in [1.82, 2.24) is 0 Å². The van der Waals surface area contributed by atoms with E-state index in [2.05, 4.69) is 6.58 Å². The molecule has 0 spiro atoms. The normalized spacial score (nSPS) is 10.4. The molecule has 0 saturated carbocycles. The molecule has 3 nitrogen and oxygen atoms in total. The van der Waals surface area contributed by atoms with Crippen molar-refractivity contribution in [3.05, 3.63) is 35.9 Å². The molecule has 92 valence electrons. The molecule has 0 heterocycles. The Morgan fingerprint density at radius 3 is 1.94 bits per heavy atom. The van der Waals surface area contributed by atoms with Gasteiger partial charge in [-0.3, -0.25) is 0 Å². The van der Waals surface area contributed by atoms with E-state index < -0.39 is 0 Å². The largest absolute Gasteiger partial charge is 0.493 e. The van der Waals surface area contributed by atoms with Gasteiger partial charge in [0.15, 0.2) is 11.5 Å². The second kappa shape index (κ2) is 5.99. The number of rotatable bonds is 5. The van der Waals surface area contributed by atoms with Crippen molar-refractivity contribution < 1.29 is 14.2 Å². The molecule has 0 saturated heterocycles. The topological polar surface area (TPSA) is 27.7 Å². The summed E-state index contributed by atoms with van der Waals surface area (Å²) in [4.78, 5) is 0. The zero-order valence-corrected chi connectivity index (χ0v) is 10.7. The molecule has 1 aromatic rings. The Kier molecular flexibility index (Phi) is 4.64. The minimum Gasteiger partial charge on any atom is -0.493 e. The van der Waals surface area contributed by atoms with Gasteiger partial charge in [-0.25, -0.2) is 0 Å². The van der Waals surface area contributed by atoms with Crippen LogP contribution in [0.4, 0.5) is 0 Å². The van der Waals surface area contributed by atoms with Crippen molar-refractivity contribution in [3.63, 3.8) is 0 Å². The van der Waals surface area contributed by atoms with Gasteiger partial charge in [0.2, 0.25) is 5.75 Å². The van der Waals surface area contributed by atoms with Gasteiger partial charge in [-0.1, -0.05) is 24.3 Å². The average molecular weight is 234 g/mol. The Morgan fingerprint density at radius 1 is 1.06 bits per heavy atom. The summed E-state index contributed by atoms with van der Waals surface area (Å²) in [6, 6.07) is 3.78. The third-order valence-corrected chi connectivity index (χ3v) is 2.25. The quantitative estimate of drug-likeness (QED) is 0.731. The van der Waals surface area contributed by atoms with E-state index in [1.807, 2.05) is 31.2 Å². The third-order valence-electron chi connectivity index (χ3n) is 2.25. The van der Waals surface area contributed by atoms with Crippen LogP contribution in [0.15, 0.2) is 30.4 Å². The van der Waals surface area contributed by atoms with Crippen molar-refractivity contribution in [2.75, 3.05) is 21.3 Å². The maximum atomic E-state index is 5.26. The SMILES string of the molecule is C=C(C)C=Cc1cc(OC)c(OC)c(OC)c1. The van der Waals surface area contributed by atoms with E-state index >= 15 is 0 Å². The van der Waals surface area contributed by atoms with E-state index in [1.54, 1.807) is 21.3 Å². The lowest BCUT2D eigenvalue weighted by molar-refractivity contribution is 0.324. The first kappa shape index (κ1) is 13.2. The molecule has 1 rings (SSSR count). The van der Waals surface area contributed by atoms with E-state index in [-0.39, 0.29) is 0 Å². The van der Waals surface area contributed by atoms with E-state index in [1.165, 1.54) is 0 Å². The summed E-state index contributed by atoms with van der Waals surface area (Å²) in [7, 11) is 4.79. The summed E-state index contributed by atoms with van der Waals surface area (Å²) in [5, 5.41) is 0. The van der Waals surface area contributed by atoms with Gasteiger partial charge >= 0.3 is 0 Å². The Balaban J connectivity index is 3.22. The van der Waals surface area contributed by atoms with Crippen LogP contribution >= 0.6 is 0 Å². The number of methoxy groups -OCH3 is 3. The Bertz CT molecular complexity index is 408. The minimum absolute atomic E-state index is 0.600. The minimum atomic E-state index is 0.600.